The van der Waals surface area contributed by atoms with Gasteiger partial charge in [-0.1, -0.05) is 31.5 Å². The molecule has 1 aromatic carbocycles. The molecule has 0 saturated heterocycles. The van der Waals surface area contributed by atoms with Crippen molar-refractivity contribution in [3.63, 3.8) is 0 Å². The molecule has 0 saturated carbocycles. The van der Waals surface area contributed by atoms with Crippen LogP contribution in [0.2, 0.25) is 5.02 Å². The number of hydrogen-bond acceptors (Lipinski definition) is 3. The van der Waals surface area contributed by atoms with Crippen LogP contribution in [0.25, 0.3) is 0 Å². The summed E-state index contributed by atoms with van der Waals surface area (Å²) in [6, 6.07) is 8.65. The van der Waals surface area contributed by atoms with E-state index in [4.69, 9.17) is 11.6 Å². The van der Waals surface area contributed by atoms with Gasteiger partial charge in [-0.2, -0.15) is 0 Å². The van der Waals surface area contributed by atoms with E-state index in [0.717, 1.165) is 16.9 Å². The van der Waals surface area contributed by atoms with Crippen molar-refractivity contribution < 1.29 is 9.90 Å². The van der Waals surface area contributed by atoms with E-state index < -0.39 is 5.97 Å². The van der Waals surface area contributed by atoms with Crippen LogP contribution in [-0.4, -0.2) is 16.1 Å². The average Bonchev–Trinajstić information content (AvgIpc) is 2.43. The van der Waals surface area contributed by atoms with Gasteiger partial charge in [-0.3, -0.25) is 0 Å². The zero-order valence-corrected chi connectivity index (χ0v) is 12.9. The molecule has 1 heterocycles. The molecule has 0 aliphatic heterocycles. The normalized spacial score (nSPS) is 10.7. The number of rotatable bonds is 4. The highest BCUT2D eigenvalue weighted by atomic mass is 35.5. The minimum atomic E-state index is -0.967. The van der Waals surface area contributed by atoms with Crippen LogP contribution in [0.5, 0.6) is 0 Å². The lowest BCUT2D eigenvalue weighted by Gasteiger charge is -2.13. The summed E-state index contributed by atoms with van der Waals surface area (Å²) in [5.74, 6) is -0.320. The van der Waals surface area contributed by atoms with Gasteiger partial charge in [0.25, 0.3) is 0 Å². The Labute approximate surface area is 128 Å². The zero-order valence-electron chi connectivity index (χ0n) is 12.1. The number of carboxylic acid groups (broad SMARTS) is 1. The molecule has 0 fully saturated rings. The lowest BCUT2D eigenvalue weighted by molar-refractivity contribution is 0.0696. The maximum atomic E-state index is 11.2. The molecule has 2 N–H and O–H groups in total. The third-order valence-corrected chi connectivity index (χ3v) is 3.62. The average molecular weight is 305 g/mol. The van der Waals surface area contributed by atoms with E-state index in [1.54, 1.807) is 6.07 Å². The largest absolute Gasteiger partial charge is 0.478 e. The lowest BCUT2D eigenvalue weighted by Crippen LogP contribution is -2.05. The molecule has 0 aliphatic carbocycles. The first-order chi connectivity index (χ1) is 9.88. The topological polar surface area (TPSA) is 62.2 Å². The molecule has 21 heavy (non-hydrogen) atoms. The fourth-order valence-corrected chi connectivity index (χ4v) is 2.09. The summed E-state index contributed by atoms with van der Waals surface area (Å²) in [6.45, 7) is 5.85. The van der Waals surface area contributed by atoms with Gasteiger partial charge >= 0.3 is 5.97 Å². The number of carbonyl (C=O) groups is 1. The van der Waals surface area contributed by atoms with Crippen LogP contribution in [0.15, 0.2) is 30.3 Å². The summed E-state index contributed by atoms with van der Waals surface area (Å²) >= 11 is 6.09. The number of hydrogen-bond donors (Lipinski definition) is 2. The van der Waals surface area contributed by atoms with E-state index in [9.17, 15) is 9.90 Å². The van der Waals surface area contributed by atoms with E-state index in [1.807, 2.05) is 39.0 Å². The SMILES string of the molecule is Cc1c(Cl)cccc1Nc1cc(C(=O)O)cc(C(C)C)n1. The lowest BCUT2D eigenvalue weighted by atomic mass is 10.1. The van der Waals surface area contributed by atoms with Crippen molar-refractivity contribution in [2.24, 2.45) is 0 Å². The highest BCUT2D eigenvalue weighted by Crippen LogP contribution is 2.26. The van der Waals surface area contributed by atoms with Crippen LogP contribution in [0.3, 0.4) is 0 Å². The Bertz CT molecular complexity index is 684. The molecule has 2 rings (SSSR count). The van der Waals surface area contributed by atoms with Crippen LogP contribution < -0.4 is 5.32 Å². The molecule has 0 radical (unpaired) electrons. The summed E-state index contributed by atoms with van der Waals surface area (Å²) in [6.07, 6.45) is 0. The van der Waals surface area contributed by atoms with Gasteiger partial charge in [0.2, 0.25) is 0 Å². The first-order valence-electron chi connectivity index (χ1n) is 6.66. The Balaban J connectivity index is 2.43. The second-order valence-electron chi connectivity index (χ2n) is 5.16. The predicted molar refractivity (Wildman–Crippen MR) is 84.8 cm³/mol. The number of pyridine rings is 1. The number of halogens is 1. The molecule has 0 unspecified atom stereocenters. The third kappa shape index (κ3) is 3.52. The number of aromatic carboxylic acids is 1. The molecule has 0 amide bonds. The molecule has 0 spiro atoms. The molecule has 110 valence electrons. The Morgan fingerprint density at radius 1 is 1.33 bits per heavy atom. The highest BCUT2D eigenvalue weighted by molar-refractivity contribution is 6.31. The Hall–Kier alpha value is -2.07. The van der Waals surface area contributed by atoms with Gasteiger partial charge in [0.15, 0.2) is 0 Å². The standard InChI is InChI=1S/C16H17ClN2O2/c1-9(2)14-7-11(16(20)21)8-15(19-14)18-13-6-4-5-12(17)10(13)3/h4-9H,1-3H3,(H,18,19)(H,20,21). The van der Waals surface area contributed by atoms with E-state index in [0.29, 0.717) is 10.8 Å². The Morgan fingerprint density at radius 2 is 2.05 bits per heavy atom. The minimum Gasteiger partial charge on any atom is -0.478 e. The summed E-state index contributed by atoms with van der Waals surface area (Å²) in [4.78, 5) is 15.7. The van der Waals surface area contributed by atoms with Crippen LogP contribution in [0.4, 0.5) is 11.5 Å². The van der Waals surface area contributed by atoms with Crippen LogP contribution in [0, 0.1) is 6.92 Å². The van der Waals surface area contributed by atoms with E-state index in [1.165, 1.54) is 6.07 Å². The van der Waals surface area contributed by atoms with Gasteiger partial charge in [-0.05, 0) is 42.7 Å². The third-order valence-electron chi connectivity index (χ3n) is 3.21. The van der Waals surface area contributed by atoms with Crippen LogP contribution in [0.1, 0.15) is 41.4 Å². The number of anilines is 2. The summed E-state index contributed by atoms with van der Waals surface area (Å²) in [5.41, 5.74) is 2.66. The van der Waals surface area contributed by atoms with Gasteiger partial charge in [-0.15, -0.1) is 0 Å². The molecular weight excluding hydrogens is 288 g/mol. The van der Waals surface area contributed by atoms with Crippen molar-refractivity contribution in [3.05, 3.63) is 52.2 Å². The molecular formula is C16H17ClN2O2. The molecule has 2 aromatic rings. The van der Waals surface area contributed by atoms with Crippen LogP contribution in [-0.2, 0) is 0 Å². The van der Waals surface area contributed by atoms with Crippen molar-refractivity contribution in [2.45, 2.75) is 26.7 Å². The molecule has 4 nitrogen and oxygen atoms in total. The maximum Gasteiger partial charge on any atom is 0.335 e. The first-order valence-corrected chi connectivity index (χ1v) is 7.03. The minimum absolute atomic E-state index is 0.144. The highest BCUT2D eigenvalue weighted by Gasteiger charge is 2.12. The van der Waals surface area contributed by atoms with Crippen molar-refractivity contribution in [2.75, 3.05) is 5.32 Å². The molecule has 0 bridgehead atoms. The van der Waals surface area contributed by atoms with E-state index in [2.05, 4.69) is 10.3 Å². The second kappa shape index (κ2) is 6.14. The Kier molecular flexibility index (Phi) is 4.48. The van der Waals surface area contributed by atoms with Crippen molar-refractivity contribution >= 4 is 29.1 Å². The van der Waals surface area contributed by atoms with Gasteiger partial charge < -0.3 is 10.4 Å². The van der Waals surface area contributed by atoms with E-state index in [-0.39, 0.29) is 11.5 Å². The zero-order chi connectivity index (χ0) is 15.6. The summed E-state index contributed by atoms with van der Waals surface area (Å²) < 4.78 is 0. The smallest absolute Gasteiger partial charge is 0.335 e. The van der Waals surface area contributed by atoms with Crippen molar-refractivity contribution in [1.29, 1.82) is 0 Å². The first kappa shape index (κ1) is 15.3. The quantitative estimate of drug-likeness (QED) is 0.866. The number of aromatic nitrogens is 1. The van der Waals surface area contributed by atoms with Crippen molar-refractivity contribution in [3.8, 4) is 0 Å². The molecule has 1 aromatic heterocycles. The predicted octanol–water partition coefficient (Wildman–Crippen LogP) is 4.61. The molecule has 5 heteroatoms. The Morgan fingerprint density at radius 3 is 2.67 bits per heavy atom. The van der Waals surface area contributed by atoms with Gasteiger partial charge in [0.05, 0.1) is 5.56 Å². The van der Waals surface area contributed by atoms with Crippen LogP contribution >= 0.6 is 11.6 Å². The number of benzene rings is 1. The monoisotopic (exact) mass is 304 g/mol. The fourth-order valence-electron chi connectivity index (χ4n) is 1.92. The van der Waals surface area contributed by atoms with Gasteiger partial charge in [0, 0.05) is 16.4 Å². The summed E-state index contributed by atoms with van der Waals surface area (Å²) in [5, 5.41) is 13.0. The number of nitrogens with one attached hydrogen (secondary N) is 1. The van der Waals surface area contributed by atoms with Crippen molar-refractivity contribution in [1.82, 2.24) is 4.98 Å². The fraction of sp³-hybridized carbons (Fsp3) is 0.250. The maximum absolute atomic E-state index is 11.2. The number of nitrogens with zero attached hydrogens (tertiary/aromatic N) is 1. The molecule has 0 aliphatic rings. The second-order valence-corrected chi connectivity index (χ2v) is 5.57. The van der Waals surface area contributed by atoms with Gasteiger partial charge in [0.1, 0.15) is 5.82 Å². The number of carboxylic acids is 1. The molecule has 0 atom stereocenters. The van der Waals surface area contributed by atoms with Gasteiger partial charge in [-0.25, -0.2) is 9.78 Å². The summed E-state index contributed by atoms with van der Waals surface area (Å²) in [7, 11) is 0. The van der Waals surface area contributed by atoms with E-state index >= 15 is 0 Å².